The Hall–Kier alpha value is -2.66. The molecule has 0 radical (unpaired) electrons. The van der Waals surface area contributed by atoms with Crippen LogP contribution in [-0.2, 0) is 6.54 Å². The van der Waals surface area contributed by atoms with E-state index in [4.69, 9.17) is 11.6 Å². The molecule has 0 unspecified atom stereocenters. The van der Waals surface area contributed by atoms with E-state index in [1.165, 1.54) is 0 Å². The molecule has 2 N–H and O–H groups in total. The normalized spacial score (nSPS) is 10.6. The third kappa shape index (κ3) is 2.99. The van der Waals surface area contributed by atoms with Crippen LogP contribution in [0.3, 0.4) is 0 Å². The molecule has 2 aromatic heterocycles. The zero-order valence-electron chi connectivity index (χ0n) is 11.5. The number of pyridine rings is 2. The number of carbonyl (C=O) groups is 1. The minimum absolute atomic E-state index is 0.0643. The van der Waals surface area contributed by atoms with E-state index in [2.05, 4.69) is 15.3 Å². The van der Waals surface area contributed by atoms with Gasteiger partial charge in [0.2, 0.25) is 0 Å². The summed E-state index contributed by atoms with van der Waals surface area (Å²) in [5.74, 6) is -0.429. The first kappa shape index (κ1) is 14.3. The molecule has 2 heterocycles. The molecular formula is C16H12ClN3O2. The van der Waals surface area contributed by atoms with Gasteiger partial charge in [0.25, 0.3) is 11.5 Å². The number of nitrogens with one attached hydrogen (secondary N) is 2. The van der Waals surface area contributed by atoms with Crippen LogP contribution in [-0.4, -0.2) is 15.9 Å². The van der Waals surface area contributed by atoms with Crippen molar-refractivity contribution in [2.24, 2.45) is 0 Å². The van der Waals surface area contributed by atoms with Crippen LogP contribution in [0.1, 0.15) is 15.9 Å². The van der Waals surface area contributed by atoms with Gasteiger partial charge in [-0.05, 0) is 35.9 Å². The minimum atomic E-state index is -0.459. The highest BCUT2D eigenvalue weighted by Crippen LogP contribution is 2.10. The number of fused-ring (bicyclic) bond motifs is 1. The first-order valence-corrected chi connectivity index (χ1v) is 7.02. The Bertz CT molecular complexity index is 888. The lowest BCUT2D eigenvalue weighted by Gasteiger charge is -2.06. The molecule has 22 heavy (non-hydrogen) atoms. The van der Waals surface area contributed by atoms with Crippen LogP contribution < -0.4 is 10.9 Å². The summed E-state index contributed by atoms with van der Waals surface area (Å²) in [4.78, 5) is 30.8. The highest BCUT2D eigenvalue weighted by atomic mass is 35.5. The van der Waals surface area contributed by atoms with Gasteiger partial charge in [-0.25, -0.2) is 4.98 Å². The molecule has 1 amide bonds. The lowest BCUT2D eigenvalue weighted by molar-refractivity contribution is 0.0949. The van der Waals surface area contributed by atoms with Gasteiger partial charge >= 0.3 is 0 Å². The molecular weight excluding hydrogens is 302 g/mol. The van der Waals surface area contributed by atoms with E-state index in [0.29, 0.717) is 22.6 Å². The third-order valence-corrected chi connectivity index (χ3v) is 3.48. The van der Waals surface area contributed by atoms with Gasteiger partial charge in [0.15, 0.2) is 0 Å². The zero-order chi connectivity index (χ0) is 15.5. The molecule has 0 aliphatic carbocycles. The number of rotatable bonds is 3. The second-order valence-electron chi connectivity index (χ2n) is 4.76. The van der Waals surface area contributed by atoms with Gasteiger partial charge in [0, 0.05) is 23.2 Å². The molecule has 0 saturated heterocycles. The molecule has 0 atom stereocenters. The molecule has 3 aromatic rings. The first-order chi connectivity index (χ1) is 10.6. The minimum Gasteiger partial charge on any atom is -0.348 e. The highest BCUT2D eigenvalue weighted by Gasteiger charge is 2.11. The summed E-state index contributed by atoms with van der Waals surface area (Å²) in [5, 5.41) is 4.06. The second-order valence-corrected chi connectivity index (χ2v) is 5.20. The van der Waals surface area contributed by atoms with E-state index >= 15 is 0 Å². The van der Waals surface area contributed by atoms with Gasteiger partial charge in [0.1, 0.15) is 11.2 Å². The van der Waals surface area contributed by atoms with Crippen molar-refractivity contribution in [3.05, 3.63) is 75.2 Å². The van der Waals surface area contributed by atoms with E-state index < -0.39 is 11.5 Å². The Kier molecular flexibility index (Phi) is 3.89. The summed E-state index contributed by atoms with van der Waals surface area (Å²) >= 11 is 5.81. The van der Waals surface area contributed by atoms with Gasteiger partial charge in [-0.3, -0.25) is 9.59 Å². The predicted molar refractivity (Wildman–Crippen MR) is 85.0 cm³/mol. The first-order valence-electron chi connectivity index (χ1n) is 6.64. The predicted octanol–water partition coefficient (Wildman–Crippen LogP) is 2.51. The largest absolute Gasteiger partial charge is 0.348 e. The Morgan fingerprint density at radius 2 is 2.00 bits per heavy atom. The summed E-state index contributed by atoms with van der Waals surface area (Å²) in [6.07, 6.45) is 1.58. The molecule has 0 bridgehead atoms. The van der Waals surface area contributed by atoms with Crippen LogP contribution in [0.15, 0.2) is 53.5 Å². The van der Waals surface area contributed by atoms with Crippen molar-refractivity contribution in [1.82, 2.24) is 15.3 Å². The number of benzene rings is 1. The molecule has 1 aromatic carbocycles. The average Bonchev–Trinajstić information content (AvgIpc) is 2.53. The molecule has 0 aliphatic heterocycles. The average molecular weight is 314 g/mol. The fourth-order valence-electron chi connectivity index (χ4n) is 2.08. The fourth-order valence-corrected chi connectivity index (χ4v) is 2.21. The van der Waals surface area contributed by atoms with E-state index in [1.807, 2.05) is 12.1 Å². The van der Waals surface area contributed by atoms with Crippen molar-refractivity contribution in [2.75, 3.05) is 0 Å². The summed E-state index contributed by atoms with van der Waals surface area (Å²) in [6.45, 7) is 0.320. The van der Waals surface area contributed by atoms with Crippen LogP contribution in [0.2, 0.25) is 5.02 Å². The quantitative estimate of drug-likeness (QED) is 0.780. The number of carbonyl (C=O) groups excluding carboxylic acids is 1. The van der Waals surface area contributed by atoms with Gasteiger partial charge in [-0.1, -0.05) is 23.7 Å². The number of hydrogen-bond donors (Lipinski definition) is 2. The fraction of sp³-hybridized carbons (Fsp3) is 0.0625. The number of amides is 1. The zero-order valence-corrected chi connectivity index (χ0v) is 12.2. The van der Waals surface area contributed by atoms with Gasteiger partial charge in [-0.2, -0.15) is 0 Å². The van der Waals surface area contributed by atoms with Crippen LogP contribution in [0, 0.1) is 0 Å². The van der Waals surface area contributed by atoms with Crippen molar-refractivity contribution in [3.8, 4) is 0 Å². The lowest BCUT2D eigenvalue weighted by Crippen LogP contribution is -2.29. The molecule has 0 fully saturated rings. The van der Waals surface area contributed by atoms with Crippen molar-refractivity contribution >= 4 is 28.5 Å². The molecule has 5 nitrogen and oxygen atoms in total. The van der Waals surface area contributed by atoms with Crippen LogP contribution in [0.5, 0.6) is 0 Å². The Morgan fingerprint density at radius 3 is 2.77 bits per heavy atom. The van der Waals surface area contributed by atoms with E-state index in [1.54, 1.807) is 36.5 Å². The lowest BCUT2D eigenvalue weighted by atomic mass is 10.2. The van der Waals surface area contributed by atoms with Gasteiger partial charge in [-0.15, -0.1) is 0 Å². The van der Waals surface area contributed by atoms with Gasteiger partial charge in [0.05, 0.1) is 0 Å². The number of aromatic nitrogens is 2. The van der Waals surface area contributed by atoms with Crippen LogP contribution >= 0.6 is 11.6 Å². The maximum absolute atomic E-state index is 12.2. The topological polar surface area (TPSA) is 74.8 Å². The summed E-state index contributed by atoms with van der Waals surface area (Å²) in [5.41, 5.74) is 0.965. The molecule has 0 saturated carbocycles. The van der Waals surface area contributed by atoms with Gasteiger partial charge < -0.3 is 10.3 Å². The highest BCUT2D eigenvalue weighted by molar-refractivity contribution is 6.30. The molecule has 0 spiro atoms. The van der Waals surface area contributed by atoms with Crippen molar-refractivity contribution in [2.45, 2.75) is 6.54 Å². The second kappa shape index (κ2) is 5.99. The van der Waals surface area contributed by atoms with E-state index in [-0.39, 0.29) is 5.56 Å². The molecule has 3 rings (SSSR count). The smallest absolute Gasteiger partial charge is 0.262 e. The standard InChI is InChI=1S/C16H12ClN3O2/c17-12-5-3-10(4-6-12)9-19-15(21)13-8-11-2-1-7-18-14(11)20-16(13)22/h1-8H,9H2,(H,19,21)(H,18,20,22). The van der Waals surface area contributed by atoms with Crippen LogP contribution in [0.25, 0.3) is 11.0 Å². The SMILES string of the molecule is O=C(NCc1ccc(Cl)cc1)c1cc2cccnc2[nH]c1=O. The number of halogens is 1. The van der Waals surface area contributed by atoms with Crippen molar-refractivity contribution in [3.63, 3.8) is 0 Å². The van der Waals surface area contributed by atoms with Crippen molar-refractivity contribution < 1.29 is 4.79 Å². The van der Waals surface area contributed by atoms with E-state index in [9.17, 15) is 9.59 Å². The Morgan fingerprint density at radius 1 is 1.23 bits per heavy atom. The maximum Gasteiger partial charge on any atom is 0.262 e. The Labute approximate surface area is 131 Å². The molecule has 6 heteroatoms. The van der Waals surface area contributed by atoms with Crippen LogP contribution in [0.4, 0.5) is 0 Å². The summed E-state index contributed by atoms with van der Waals surface area (Å²) in [7, 11) is 0. The summed E-state index contributed by atoms with van der Waals surface area (Å²) < 4.78 is 0. The number of H-pyrrole nitrogens is 1. The monoisotopic (exact) mass is 313 g/mol. The Balaban J connectivity index is 1.81. The molecule has 110 valence electrons. The van der Waals surface area contributed by atoms with E-state index in [0.717, 1.165) is 5.56 Å². The number of aromatic amines is 1. The maximum atomic E-state index is 12.2. The van der Waals surface area contributed by atoms with Crippen molar-refractivity contribution in [1.29, 1.82) is 0 Å². The summed E-state index contributed by atoms with van der Waals surface area (Å²) in [6, 6.07) is 12.2. The third-order valence-electron chi connectivity index (χ3n) is 3.23. The number of hydrogen-bond acceptors (Lipinski definition) is 3. The molecule has 0 aliphatic rings. The number of nitrogens with zero attached hydrogens (tertiary/aromatic N) is 1.